The largest absolute Gasteiger partial charge is 0.484 e. The second-order valence-corrected chi connectivity index (χ2v) is 8.51. The highest BCUT2D eigenvalue weighted by atomic mass is 19.4. The van der Waals surface area contributed by atoms with Gasteiger partial charge in [0.15, 0.2) is 6.61 Å². The first-order chi connectivity index (χ1) is 12.9. The number of hydrazone groups is 1. The van der Waals surface area contributed by atoms with Crippen LogP contribution in [0.3, 0.4) is 0 Å². The molecule has 0 aromatic heterocycles. The maximum absolute atomic E-state index is 14.0. The molecule has 1 fully saturated rings. The van der Waals surface area contributed by atoms with Crippen LogP contribution in [0.1, 0.15) is 40.0 Å². The Morgan fingerprint density at radius 2 is 1.93 bits per heavy atom. The number of hydrogen-bond acceptors (Lipinski definition) is 4. The van der Waals surface area contributed by atoms with Gasteiger partial charge in [0.2, 0.25) is 0 Å². The fourth-order valence-electron chi connectivity index (χ4n) is 3.98. The quantitative estimate of drug-likeness (QED) is 0.838. The maximum atomic E-state index is 14.0. The zero-order chi connectivity index (χ0) is 20.7. The number of benzene rings is 1. The summed E-state index contributed by atoms with van der Waals surface area (Å²) in [6.07, 6.45) is -3.91. The van der Waals surface area contributed by atoms with Gasteiger partial charge in [-0.15, -0.1) is 0 Å². The van der Waals surface area contributed by atoms with E-state index in [1.54, 1.807) is 30.3 Å². The van der Waals surface area contributed by atoms with Gasteiger partial charge in [-0.2, -0.15) is 23.3 Å². The van der Waals surface area contributed by atoms with Crippen molar-refractivity contribution in [2.75, 3.05) is 6.61 Å². The van der Waals surface area contributed by atoms with Gasteiger partial charge in [-0.05, 0) is 42.7 Å². The van der Waals surface area contributed by atoms with Crippen molar-refractivity contribution in [3.8, 4) is 5.75 Å². The van der Waals surface area contributed by atoms with E-state index in [0.717, 1.165) is 0 Å². The van der Waals surface area contributed by atoms with Crippen molar-refractivity contribution < 1.29 is 27.8 Å². The molecule has 154 valence electrons. The number of fused-ring (bicyclic) bond motifs is 1. The molecule has 8 heteroatoms. The number of carbonyl (C=O) groups is 1. The number of aliphatic hydroxyl groups is 1. The highest BCUT2D eigenvalue weighted by molar-refractivity contribution is 5.93. The normalized spacial score (nSPS) is 28.0. The summed E-state index contributed by atoms with van der Waals surface area (Å²) in [7, 11) is 0. The molecule has 1 aliphatic heterocycles. The Labute approximate surface area is 162 Å². The molecule has 5 nitrogen and oxygen atoms in total. The summed E-state index contributed by atoms with van der Waals surface area (Å²) in [6, 6.07) is 8.30. The Balaban J connectivity index is 1.84. The summed E-state index contributed by atoms with van der Waals surface area (Å²) in [4.78, 5) is 12.5. The molecule has 1 amide bonds. The number of amides is 1. The van der Waals surface area contributed by atoms with Crippen LogP contribution in [0.15, 0.2) is 35.4 Å². The Morgan fingerprint density at radius 3 is 2.50 bits per heavy atom. The van der Waals surface area contributed by atoms with Crippen LogP contribution in [0.25, 0.3) is 0 Å². The van der Waals surface area contributed by atoms with Crippen molar-refractivity contribution in [3.05, 3.63) is 30.3 Å². The number of ether oxygens (including phenoxy) is 1. The second-order valence-electron chi connectivity index (χ2n) is 8.51. The van der Waals surface area contributed by atoms with Gasteiger partial charge < -0.3 is 9.84 Å². The molecule has 0 bridgehead atoms. The molecule has 0 unspecified atom stereocenters. The van der Waals surface area contributed by atoms with Crippen LogP contribution in [0.2, 0.25) is 0 Å². The van der Waals surface area contributed by atoms with Crippen LogP contribution in [0, 0.1) is 17.3 Å². The minimum Gasteiger partial charge on any atom is -0.484 e. The van der Waals surface area contributed by atoms with E-state index in [0.29, 0.717) is 18.6 Å². The summed E-state index contributed by atoms with van der Waals surface area (Å²) < 4.78 is 47.1. The van der Waals surface area contributed by atoms with Gasteiger partial charge in [0.05, 0.1) is 5.92 Å². The van der Waals surface area contributed by atoms with Gasteiger partial charge in [-0.1, -0.05) is 39.0 Å². The lowest BCUT2D eigenvalue weighted by atomic mass is 9.66. The maximum Gasteiger partial charge on any atom is 0.439 e. The van der Waals surface area contributed by atoms with Crippen LogP contribution in [-0.2, 0) is 4.79 Å². The molecule has 0 radical (unpaired) electrons. The Bertz CT molecular complexity index is 758. The van der Waals surface area contributed by atoms with E-state index in [4.69, 9.17) is 4.74 Å². The predicted molar refractivity (Wildman–Crippen MR) is 97.5 cm³/mol. The fraction of sp³-hybridized carbons (Fsp3) is 0.600. The number of alkyl halides is 3. The van der Waals surface area contributed by atoms with E-state index < -0.39 is 30.3 Å². The molecular weight excluding hydrogens is 373 g/mol. The number of halogens is 3. The van der Waals surface area contributed by atoms with E-state index in [1.165, 1.54) is 0 Å². The molecule has 3 rings (SSSR count). The summed E-state index contributed by atoms with van der Waals surface area (Å²) in [5.41, 5.74) is -3.32. The molecule has 1 aliphatic carbocycles. The van der Waals surface area contributed by atoms with Crippen LogP contribution in [0.5, 0.6) is 5.75 Å². The van der Waals surface area contributed by atoms with Crippen molar-refractivity contribution in [1.29, 1.82) is 0 Å². The highest BCUT2D eigenvalue weighted by Crippen LogP contribution is 2.51. The number of rotatable bonds is 3. The van der Waals surface area contributed by atoms with Crippen molar-refractivity contribution in [2.45, 2.75) is 51.9 Å². The van der Waals surface area contributed by atoms with Crippen LogP contribution in [0.4, 0.5) is 13.2 Å². The molecule has 0 spiro atoms. The number of carbonyl (C=O) groups excluding carboxylic acids is 1. The van der Waals surface area contributed by atoms with Crippen molar-refractivity contribution in [3.63, 3.8) is 0 Å². The lowest BCUT2D eigenvalue weighted by molar-refractivity contribution is -0.318. The van der Waals surface area contributed by atoms with Gasteiger partial charge in [0.25, 0.3) is 11.6 Å². The first-order valence-electron chi connectivity index (χ1n) is 9.32. The number of hydrogen-bond donors (Lipinski definition) is 1. The van der Waals surface area contributed by atoms with Gasteiger partial charge in [-0.25, -0.2) is 0 Å². The van der Waals surface area contributed by atoms with E-state index in [1.807, 2.05) is 20.8 Å². The van der Waals surface area contributed by atoms with Gasteiger partial charge in [-0.3, -0.25) is 4.79 Å². The van der Waals surface area contributed by atoms with Gasteiger partial charge in [0, 0.05) is 5.71 Å². The SMILES string of the molecule is CC(C)(C)[C@@H]1CCC2=NN(C(=O)COc3ccccc3)[C@](O)(C(F)(F)F)[C@@H]2C1. The Kier molecular flexibility index (Phi) is 5.20. The average molecular weight is 398 g/mol. The minimum atomic E-state index is -5.04. The van der Waals surface area contributed by atoms with E-state index >= 15 is 0 Å². The molecule has 1 saturated carbocycles. The first-order valence-corrected chi connectivity index (χ1v) is 9.32. The molecule has 2 aliphatic rings. The lowest BCUT2D eigenvalue weighted by Crippen LogP contribution is -2.62. The topological polar surface area (TPSA) is 62.1 Å². The van der Waals surface area contributed by atoms with E-state index in [2.05, 4.69) is 5.10 Å². The van der Waals surface area contributed by atoms with Crippen LogP contribution in [-0.4, -0.2) is 40.2 Å². The van der Waals surface area contributed by atoms with Crippen LogP contribution >= 0.6 is 0 Å². The Morgan fingerprint density at radius 1 is 1.29 bits per heavy atom. The summed E-state index contributed by atoms with van der Waals surface area (Å²) in [6.45, 7) is 5.27. The fourth-order valence-corrected chi connectivity index (χ4v) is 3.98. The number of para-hydroxylation sites is 1. The van der Waals surface area contributed by atoms with Gasteiger partial charge in [0.1, 0.15) is 5.75 Å². The zero-order valence-electron chi connectivity index (χ0n) is 16.2. The third-order valence-corrected chi connectivity index (χ3v) is 5.69. The van der Waals surface area contributed by atoms with Crippen molar-refractivity contribution in [2.24, 2.45) is 22.4 Å². The summed E-state index contributed by atoms with van der Waals surface area (Å²) in [5.74, 6) is -1.95. The number of nitrogens with zero attached hydrogens (tertiary/aromatic N) is 2. The van der Waals surface area contributed by atoms with Crippen molar-refractivity contribution >= 4 is 11.6 Å². The van der Waals surface area contributed by atoms with Crippen molar-refractivity contribution in [1.82, 2.24) is 5.01 Å². The monoisotopic (exact) mass is 398 g/mol. The molecule has 28 heavy (non-hydrogen) atoms. The zero-order valence-corrected chi connectivity index (χ0v) is 16.2. The van der Waals surface area contributed by atoms with E-state index in [-0.39, 0.29) is 28.5 Å². The third kappa shape index (κ3) is 3.62. The highest BCUT2D eigenvalue weighted by Gasteiger charge is 2.69. The second kappa shape index (κ2) is 7.06. The summed E-state index contributed by atoms with van der Waals surface area (Å²) in [5, 5.41) is 14.8. The minimum absolute atomic E-state index is 0.0130. The average Bonchev–Trinajstić information content (AvgIpc) is 2.93. The predicted octanol–water partition coefficient (Wildman–Crippen LogP) is 3.98. The molecule has 1 aromatic carbocycles. The smallest absolute Gasteiger partial charge is 0.439 e. The molecule has 1 aromatic rings. The lowest BCUT2D eigenvalue weighted by Gasteiger charge is -2.42. The molecule has 1 N–H and O–H groups in total. The van der Waals surface area contributed by atoms with Gasteiger partial charge >= 0.3 is 6.18 Å². The molecular formula is C20H25F3N2O3. The first kappa shape index (κ1) is 20.6. The van der Waals surface area contributed by atoms with Crippen LogP contribution < -0.4 is 4.74 Å². The standard InChI is InChI=1S/C20H25F3N2O3/c1-18(2,3)13-9-10-16-15(11-13)19(27,20(21,22)23)25(24-16)17(26)12-28-14-7-5-4-6-8-14/h4-8,13,15,27H,9-12H2,1-3H3/t13-,15-,19-/m1/s1. The molecule has 0 saturated heterocycles. The summed E-state index contributed by atoms with van der Waals surface area (Å²) >= 11 is 0. The molecule has 1 heterocycles. The Hall–Kier alpha value is -2.09. The third-order valence-electron chi connectivity index (χ3n) is 5.69. The molecule has 3 atom stereocenters. The van der Waals surface area contributed by atoms with E-state index in [9.17, 15) is 23.1 Å².